The van der Waals surface area contributed by atoms with E-state index in [2.05, 4.69) is 33.4 Å². The summed E-state index contributed by atoms with van der Waals surface area (Å²) >= 11 is 17.4. The molecule has 0 spiro atoms. The van der Waals surface area contributed by atoms with Crippen LogP contribution in [0.5, 0.6) is 0 Å². The monoisotopic (exact) mass is 429 g/mol. The molecule has 0 radical (unpaired) electrons. The second kappa shape index (κ2) is 6.17. The Morgan fingerprint density at radius 1 is 1.25 bits per heavy atom. The van der Waals surface area contributed by atoms with Gasteiger partial charge < -0.3 is 5.32 Å². The zero-order valence-electron chi connectivity index (χ0n) is 13.5. The smallest absolute Gasteiger partial charge is 0.231 e. The van der Waals surface area contributed by atoms with Gasteiger partial charge in [-0.05, 0) is 49.5 Å². The van der Waals surface area contributed by atoms with Crippen LogP contribution in [0, 0.1) is 17.8 Å². The van der Waals surface area contributed by atoms with Gasteiger partial charge >= 0.3 is 0 Å². The highest BCUT2D eigenvalue weighted by molar-refractivity contribution is 9.09. The summed E-state index contributed by atoms with van der Waals surface area (Å²) in [5.41, 5.74) is 1.15. The first-order valence-electron chi connectivity index (χ1n) is 8.71. The lowest BCUT2D eigenvalue weighted by atomic mass is 9.49. The molecule has 5 heteroatoms. The van der Waals surface area contributed by atoms with Gasteiger partial charge in [0, 0.05) is 10.8 Å². The predicted molar refractivity (Wildman–Crippen MR) is 102 cm³/mol. The fourth-order valence-corrected chi connectivity index (χ4v) is 7.48. The molecule has 1 N–H and O–H groups in total. The number of benzene rings is 1. The van der Waals surface area contributed by atoms with E-state index in [0.717, 1.165) is 31.2 Å². The largest absolute Gasteiger partial charge is 0.348 e. The molecule has 0 saturated heterocycles. The van der Waals surface area contributed by atoms with E-state index in [4.69, 9.17) is 23.2 Å². The average molecular weight is 431 g/mol. The molecule has 4 bridgehead atoms. The Hall–Kier alpha value is -0.250. The standard InChI is InChI=1S/C19H22BrCl2NO/c20-10-15(24)23-17(13-4-2-1-3-5-13)16-14-6-12-7-18(21,9-14)11-19(16,22)8-12/h1-5,12,14,16-17H,6-11H2,(H,23,24)/t12-,14+,16-,17?,18+,19+/m1/s1. The molecular formula is C19H22BrCl2NO. The Bertz CT molecular complexity index is 642. The third-order valence-corrected chi connectivity index (χ3v) is 7.71. The van der Waals surface area contributed by atoms with Crippen molar-refractivity contribution in [3.63, 3.8) is 0 Å². The van der Waals surface area contributed by atoms with Crippen molar-refractivity contribution in [2.75, 3.05) is 5.33 Å². The van der Waals surface area contributed by atoms with Crippen LogP contribution in [-0.2, 0) is 4.79 Å². The van der Waals surface area contributed by atoms with Crippen molar-refractivity contribution >= 4 is 45.0 Å². The lowest BCUT2D eigenvalue weighted by Crippen LogP contribution is -2.62. The van der Waals surface area contributed by atoms with Gasteiger partial charge in [-0.25, -0.2) is 0 Å². The molecule has 1 aromatic rings. The van der Waals surface area contributed by atoms with E-state index in [1.165, 1.54) is 6.42 Å². The zero-order valence-corrected chi connectivity index (χ0v) is 16.6. The number of alkyl halides is 3. The Balaban J connectivity index is 1.71. The summed E-state index contributed by atoms with van der Waals surface area (Å²) in [6.07, 6.45) is 5.21. The Labute approximate surface area is 161 Å². The van der Waals surface area contributed by atoms with Crippen LogP contribution < -0.4 is 5.32 Å². The van der Waals surface area contributed by atoms with Crippen LogP contribution >= 0.6 is 39.1 Å². The van der Waals surface area contributed by atoms with E-state index in [1.54, 1.807) is 0 Å². The molecule has 4 fully saturated rings. The molecule has 1 aromatic carbocycles. The maximum absolute atomic E-state index is 12.2. The van der Waals surface area contributed by atoms with Gasteiger partial charge in [-0.15, -0.1) is 23.2 Å². The maximum Gasteiger partial charge on any atom is 0.231 e. The molecule has 4 aliphatic rings. The van der Waals surface area contributed by atoms with E-state index in [9.17, 15) is 4.79 Å². The van der Waals surface area contributed by atoms with Crippen molar-refractivity contribution in [1.82, 2.24) is 5.32 Å². The van der Waals surface area contributed by atoms with Crippen molar-refractivity contribution in [2.24, 2.45) is 17.8 Å². The highest BCUT2D eigenvalue weighted by Gasteiger charge is 2.63. The summed E-state index contributed by atoms with van der Waals surface area (Å²) in [6.45, 7) is 0. The normalized spacial score (nSPS) is 41.2. The topological polar surface area (TPSA) is 29.1 Å². The van der Waals surface area contributed by atoms with Gasteiger partial charge in [-0.3, -0.25) is 4.79 Å². The molecule has 5 rings (SSSR count). The number of halogens is 3. The lowest BCUT2D eigenvalue weighted by molar-refractivity contribution is -0.120. The number of hydrogen-bond acceptors (Lipinski definition) is 1. The molecule has 0 aliphatic heterocycles. The van der Waals surface area contributed by atoms with Gasteiger partial charge in [0.05, 0.1) is 16.2 Å². The van der Waals surface area contributed by atoms with Gasteiger partial charge in [-0.1, -0.05) is 46.3 Å². The second-order valence-electron chi connectivity index (χ2n) is 7.95. The summed E-state index contributed by atoms with van der Waals surface area (Å²) in [5, 5.41) is 3.55. The van der Waals surface area contributed by atoms with Crippen molar-refractivity contribution in [1.29, 1.82) is 0 Å². The zero-order chi connectivity index (χ0) is 16.9. The third kappa shape index (κ3) is 2.91. The van der Waals surface area contributed by atoms with Crippen molar-refractivity contribution in [2.45, 2.75) is 47.9 Å². The summed E-state index contributed by atoms with van der Waals surface area (Å²) in [4.78, 5) is 11.8. The van der Waals surface area contributed by atoms with Crippen LogP contribution in [0.4, 0.5) is 0 Å². The number of amides is 1. The van der Waals surface area contributed by atoms with Gasteiger partial charge in [-0.2, -0.15) is 0 Å². The first-order valence-corrected chi connectivity index (χ1v) is 10.6. The van der Waals surface area contributed by atoms with Crippen molar-refractivity contribution in [3.05, 3.63) is 35.9 Å². The highest BCUT2D eigenvalue weighted by Crippen LogP contribution is 2.66. The van der Waals surface area contributed by atoms with Gasteiger partial charge in [0.2, 0.25) is 5.91 Å². The number of hydrogen-bond donors (Lipinski definition) is 1. The summed E-state index contributed by atoms with van der Waals surface area (Å²) < 4.78 is 0. The second-order valence-corrected chi connectivity index (χ2v) is 10.1. The maximum atomic E-state index is 12.2. The van der Waals surface area contributed by atoms with Crippen LogP contribution in [0.3, 0.4) is 0 Å². The molecule has 4 aliphatic carbocycles. The van der Waals surface area contributed by atoms with Crippen molar-refractivity contribution < 1.29 is 4.79 Å². The van der Waals surface area contributed by atoms with E-state index in [-0.39, 0.29) is 27.6 Å². The highest BCUT2D eigenvalue weighted by atomic mass is 79.9. The predicted octanol–water partition coefficient (Wildman–Crippen LogP) is 5.03. The first kappa shape index (κ1) is 17.2. The van der Waals surface area contributed by atoms with Crippen molar-refractivity contribution in [3.8, 4) is 0 Å². The number of nitrogens with one attached hydrogen (secondary N) is 1. The van der Waals surface area contributed by atoms with Gasteiger partial charge in [0.25, 0.3) is 0 Å². The SMILES string of the molecule is O=C(CBr)NC(c1ccccc1)[C@H]1[C@H]2C[C@@H]3C[C@](Cl)(C2)C[C@@]1(Cl)C3. The Kier molecular flexibility index (Phi) is 4.42. The number of rotatable bonds is 4. The molecule has 6 atom stereocenters. The minimum absolute atomic E-state index is 0.0125. The summed E-state index contributed by atoms with van der Waals surface area (Å²) in [6, 6.07) is 10.2. The van der Waals surface area contributed by atoms with Crippen LogP contribution in [0.2, 0.25) is 0 Å². The molecule has 0 aromatic heterocycles. The molecule has 130 valence electrons. The molecule has 0 heterocycles. The molecule has 2 nitrogen and oxygen atoms in total. The minimum Gasteiger partial charge on any atom is -0.348 e. The Morgan fingerprint density at radius 3 is 2.62 bits per heavy atom. The summed E-state index contributed by atoms with van der Waals surface area (Å²) in [7, 11) is 0. The molecule has 1 amide bonds. The molecule has 1 unspecified atom stereocenters. The quantitative estimate of drug-likeness (QED) is 0.666. The van der Waals surface area contributed by atoms with Crippen LogP contribution in [0.1, 0.15) is 43.7 Å². The molecule has 24 heavy (non-hydrogen) atoms. The lowest BCUT2D eigenvalue weighted by Gasteiger charge is -2.63. The summed E-state index contributed by atoms with van der Waals surface area (Å²) in [5.74, 6) is 1.39. The van der Waals surface area contributed by atoms with Gasteiger partial charge in [0.1, 0.15) is 0 Å². The first-order chi connectivity index (χ1) is 11.4. The van der Waals surface area contributed by atoms with E-state index in [0.29, 0.717) is 17.2 Å². The third-order valence-electron chi connectivity index (χ3n) is 6.22. The van der Waals surface area contributed by atoms with Crippen LogP contribution in [0.15, 0.2) is 30.3 Å². The van der Waals surface area contributed by atoms with E-state index >= 15 is 0 Å². The van der Waals surface area contributed by atoms with Crippen LogP contribution in [0.25, 0.3) is 0 Å². The van der Waals surface area contributed by atoms with E-state index in [1.807, 2.05) is 18.2 Å². The average Bonchev–Trinajstić information content (AvgIpc) is 2.51. The number of carbonyl (C=O) groups excluding carboxylic acids is 1. The van der Waals surface area contributed by atoms with E-state index < -0.39 is 0 Å². The fourth-order valence-electron chi connectivity index (χ4n) is 5.82. The van der Waals surface area contributed by atoms with Crippen LogP contribution in [-0.4, -0.2) is 21.0 Å². The fraction of sp³-hybridized carbons (Fsp3) is 0.632. The minimum atomic E-state index is -0.300. The van der Waals surface area contributed by atoms with Gasteiger partial charge in [0.15, 0.2) is 0 Å². The molecule has 4 saturated carbocycles. The number of carbonyl (C=O) groups is 1. The Morgan fingerprint density at radius 2 is 2.00 bits per heavy atom. The molecular weight excluding hydrogens is 409 g/mol.